The molecule has 0 amide bonds. The first-order valence-corrected chi connectivity index (χ1v) is 5.90. The zero-order valence-electron chi connectivity index (χ0n) is 7.53. The van der Waals surface area contributed by atoms with Crippen LogP contribution in [0, 0.1) is 0 Å². The standard InChI is InChI=1S/C7H12N4O2S/c8-7-5(3-9-11-7)4-10-14(12,13)6-1-2-6/h3,6,10H,1-2,4H2,(H3,8,9,11). The summed E-state index contributed by atoms with van der Waals surface area (Å²) in [6.07, 6.45) is 3.04. The third kappa shape index (κ3) is 1.88. The van der Waals surface area contributed by atoms with Gasteiger partial charge in [0.2, 0.25) is 10.0 Å². The second-order valence-corrected chi connectivity index (χ2v) is 5.42. The van der Waals surface area contributed by atoms with Crippen molar-refractivity contribution in [2.45, 2.75) is 24.6 Å². The molecule has 14 heavy (non-hydrogen) atoms. The Bertz CT molecular complexity index is 421. The van der Waals surface area contributed by atoms with E-state index in [9.17, 15) is 8.42 Å². The van der Waals surface area contributed by atoms with Crippen LogP contribution in [0.4, 0.5) is 5.82 Å². The summed E-state index contributed by atoms with van der Waals surface area (Å²) < 4.78 is 25.3. The summed E-state index contributed by atoms with van der Waals surface area (Å²) in [7, 11) is -3.13. The number of nitrogens with zero attached hydrogens (tertiary/aromatic N) is 1. The van der Waals surface area contributed by atoms with E-state index in [1.807, 2.05) is 0 Å². The third-order valence-electron chi connectivity index (χ3n) is 2.18. The van der Waals surface area contributed by atoms with Crippen LogP contribution in [0.5, 0.6) is 0 Å². The molecule has 78 valence electrons. The van der Waals surface area contributed by atoms with Crippen molar-refractivity contribution in [1.29, 1.82) is 0 Å². The quantitative estimate of drug-likeness (QED) is 0.636. The molecule has 7 heteroatoms. The van der Waals surface area contributed by atoms with Crippen molar-refractivity contribution in [3.05, 3.63) is 11.8 Å². The van der Waals surface area contributed by atoms with Crippen LogP contribution < -0.4 is 10.5 Å². The number of H-pyrrole nitrogens is 1. The molecule has 1 saturated carbocycles. The first-order valence-electron chi connectivity index (χ1n) is 4.36. The number of rotatable bonds is 4. The fourth-order valence-corrected chi connectivity index (χ4v) is 2.49. The molecule has 1 aromatic rings. The van der Waals surface area contributed by atoms with Crippen LogP contribution in [0.3, 0.4) is 0 Å². The maximum Gasteiger partial charge on any atom is 0.214 e. The zero-order chi connectivity index (χ0) is 10.2. The predicted molar refractivity (Wildman–Crippen MR) is 51.8 cm³/mol. The fraction of sp³-hybridized carbons (Fsp3) is 0.571. The summed E-state index contributed by atoms with van der Waals surface area (Å²) in [4.78, 5) is 0. The number of nitrogen functional groups attached to an aromatic ring is 1. The minimum absolute atomic E-state index is 0.198. The Labute approximate surface area is 81.9 Å². The molecule has 1 aliphatic carbocycles. The van der Waals surface area contributed by atoms with Crippen molar-refractivity contribution in [2.24, 2.45) is 0 Å². The molecule has 1 heterocycles. The highest BCUT2D eigenvalue weighted by molar-refractivity contribution is 7.90. The Hall–Kier alpha value is -1.08. The first-order chi connectivity index (χ1) is 6.59. The summed E-state index contributed by atoms with van der Waals surface area (Å²) in [5.74, 6) is 0.406. The van der Waals surface area contributed by atoms with Crippen LogP contribution in [-0.4, -0.2) is 23.9 Å². The lowest BCUT2D eigenvalue weighted by Gasteiger charge is -2.03. The molecule has 1 fully saturated rings. The number of hydrogen-bond donors (Lipinski definition) is 3. The number of aromatic nitrogens is 2. The average molecular weight is 216 g/mol. The van der Waals surface area contributed by atoms with E-state index >= 15 is 0 Å². The molecule has 0 bridgehead atoms. The highest BCUT2D eigenvalue weighted by Gasteiger charge is 2.35. The van der Waals surface area contributed by atoms with Gasteiger partial charge in [0.1, 0.15) is 5.82 Å². The molecule has 4 N–H and O–H groups in total. The number of hydrogen-bond acceptors (Lipinski definition) is 4. The summed E-state index contributed by atoms with van der Waals surface area (Å²) >= 11 is 0. The third-order valence-corrected chi connectivity index (χ3v) is 4.07. The van der Waals surface area contributed by atoms with Crippen molar-refractivity contribution in [2.75, 3.05) is 5.73 Å². The minimum Gasteiger partial charge on any atom is -0.384 e. The number of aromatic amines is 1. The average Bonchev–Trinajstić information content (AvgIpc) is 2.89. The zero-order valence-corrected chi connectivity index (χ0v) is 8.34. The van der Waals surface area contributed by atoms with Crippen LogP contribution in [0.25, 0.3) is 0 Å². The molecule has 2 rings (SSSR count). The van der Waals surface area contributed by atoms with Gasteiger partial charge in [0.25, 0.3) is 0 Å². The minimum atomic E-state index is -3.13. The number of sulfonamides is 1. The number of nitrogens with one attached hydrogen (secondary N) is 2. The maximum absolute atomic E-state index is 11.4. The molecule has 0 spiro atoms. The fourth-order valence-electron chi connectivity index (χ4n) is 1.14. The van der Waals surface area contributed by atoms with E-state index in [0.29, 0.717) is 11.4 Å². The van der Waals surface area contributed by atoms with Crippen molar-refractivity contribution in [3.8, 4) is 0 Å². The lowest BCUT2D eigenvalue weighted by molar-refractivity contribution is 0.580. The Morgan fingerprint density at radius 2 is 2.36 bits per heavy atom. The van der Waals surface area contributed by atoms with Gasteiger partial charge in [-0.3, -0.25) is 5.10 Å². The van der Waals surface area contributed by atoms with Crippen LogP contribution in [0.2, 0.25) is 0 Å². The van der Waals surface area contributed by atoms with Gasteiger partial charge in [-0.15, -0.1) is 0 Å². The second-order valence-electron chi connectivity index (χ2n) is 3.37. The van der Waals surface area contributed by atoms with Crippen LogP contribution in [0.15, 0.2) is 6.20 Å². The largest absolute Gasteiger partial charge is 0.384 e. The molecule has 0 aliphatic heterocycles. The smallest absolute Gasteiger partial charge is 0.214 e. The SMILES string of the molecule is Nc1[nH]ncc1CNS(=O)(=O)C1CC1. The first kappa shape index (κ1) is 9.47. The number of nitrogens with two attached hydrogens (primary N) is 1. The molecule has 0 unspecified atom stereocenters. The lowest BCUT2D eigenvalue weighted by atomic mass is 10.3. The highest BCUT2D eigenvalue weighted by Crippen LogP contribution is 2.27. The van der Waals surface area contributed by atoms with Gasteiger partial charge in [-0.2, -0.15) is 5.10 Å². The molecule has 0 atom stereocenters. The van der Waals surface area contributed by atoms with Crippen molar-refractivity contribution in [3.63, 3.8) is 0 Å². The molecule has 1 aromatic heterocycles. The van der Waals surface area contributed by atoms with Gasteiger partial charge >= 0.3 is 0 Å². The molecule has 0 saturated heterocycles. The monoisotopic (exact) mass is 216 g/mol. The normalized spacial score (nSPS) is 17.1. The topological polar surface area (TPSA) is 101 Å². The number of anilines is 1. The molecular weight excluding hydrogens is 204 g/mol. The van der Waals surface area contributed by atoms with Gasteiger partial charge in [-0.1, -0.05) is 0 Å². The van der Waals surface area contributed by atoms with E-state index < -0.39 is 10.0 Å². The van der Waals surface area contributed by atoms with Crippen LogP contribution in [-0.2, 0) is 16.6 Å². The van der Waals surface area contributed by atoms with Crippen molar-refractivity contribution < 1.29 is 8.42 Å². The lowest BCUT2D eigenvalue weighted by Crippen LogP contribution is -2.26. The summed E-state index contributed by atoms with van der Waals surface area (Å²) in [5, 5.41) is 6.04. The van der Waals surface area contributed by atoms with E-state index in [2.05, 4.69) is 14.9 Å². The Morgan fingerprint density at radius 1 is 1.64 bits per heavy atom. The van der Waals surface area contributed by atoms with E-state index in [-0.39, 0.29) is 11.8 Å². The van der Waals surface area contributed by atoms with E-state index in [1.54, 1.807) is 0 Å². The summed E-state index contributed by atoms with van der Waals surface area (Å²) in [5.41, 5.74) is 6.18. The molecule has 6 nitrogen and oxygen atoms in total. The molecule has 0 radical (unpaired) electrons. The van der Waals surface area contributed by atoms with Gasteiger partial charge < -0.3 is 5.73 Å². The second kappa shape index (κ2) is 3.25. The van der Waals surface area contributed by atoms with Crippen molar-refractivity contribution >= 4 is 15.8 Å². The Balaban J connectivity index is 1.97. The van der Waals surface area contributed by atoms with Crippen LogP contribution >= 0.6 is 0 Å². The molecular formula is C7H12N4O2S. The van der Waals surface area contributed by atoms with E-state index in [4.69, 9.17) is 5.73 Å². The summed E-state index contributed by atoms with van der Waals surface area (Å²) in [6, 6.07) is 0. The Kier molecular flexibility index (Phi) is 2.20. The van der Waals surface area contributed by atoms with Gasteiger partial charge in [-0.25, -0.2) is 13.1 Å². The van der Waals surface area contributed by atoms with Gasteiger partial charge in [0.05, 0.1) is 11.4 Å². The van der Waals surface area contributed by atoms with Crippen LogP contribution in [0.1, 0.15) is 18.4 Å². The summed E-state index contributed by atoms with van der Waals surface area (Å²) in [6.45, 7) is 0.209. The van der Waals surface area contributed by atoms with Gasteiger partial charge in [0, 0.05) is 12.1 Å². The maximum atomic E-state index is 11.4. The van der Waals surface area contributed by atoms with E-state index in [1.165, 1.54) is 6.20 Å². The molecule has 0 aromatic carbocycles. The Morgan fingerprint density at radius 3 is 2.86 bits per heavy atom. The van der Waals surface area contributed by atoms with Gasteiger partial charge in [0.15, 0.2) is 0 Å². The highest BCUT2D eigenvalue weighted by atomic mass is 32.2. The molecule has 1 aliphatic rings. The van der Waals surface area contributed by atoms with E-state index in [0.717, 1.165) is 12.8 Å². The van der Waals surface area contributed by atoms with Gasteiger partial charge in [-0.05, 0) is 12.8 Å². The predicted octanol–water partition coefficient (Wildman–Crippen LogP) is -0.426. The van der Waals surface area contributed by atoms with Crippen molar-refractivity contribution in [1.82, 2.24) is 14.9 Å².